The number of imidazole rings is 1. The summed E-state index contributed by atoms with van der Waals surface area (Å²) in [5, 5.41) is 0. The van der Waals surface area contributed by atoms with Gasteiger partial charge in [0.2, 0.25) is 0 Å². The van der Waals surface area contributed by atoms with E-state index < -0.39 is 0 Å². The first-order valence-electron chi connectivity index (χ1n) is 9.27. The van der Waals surface area contributed by atoms with Crippen LogP contribution in [0.2, 0.25) is 0 Å². The molecule has 2 aliphatic heterocycles. The van der Waals surface area contributed by atoms with E-state index in [-0.39, 0.29) is 11.9 Å². The van der Waals surface area contributed by atoms with E-state index in [1.54, 1.807) is 6.07 Å². The lowest BCUT2D eigenvalue weighted by Gasteiger charge is -2.34. The van der Waals surface area contributed by atoms with Gasteiger partial charge in [-0.1, -0.05) is 0 Å². The summed E-state index contributed by atoms with van der Waals surface area (Å²) in [7, 11) is 0. The Morgan fingerprint density at radius 2 is 2.19 bits per heavy atom. The van der Waals surface area contributed by atoms with Gasteiger partial charge in [-0.2, -0.15) is 0 Å². The minimum Gasteiger partial charge on any atom is -0.472 e. The maximum atomic E-state index is 12.6. The molecular weight excluding hydrogens is 334 g/mol. The van der Waals surface area contributed by atoms with Crippen LogP contribution in [0.4, 0.5) is 0 Å². The predicted octanol–water partition coefficient (Wildman–Crippen LogP) is 2.64. The second-order valence-electron chi connectivity index (χ2n) is 7.02. The van der Waals surface area contributed by atoms with E-state index in [1.165, 1.54) is 12.5 Å². The highest BCUT2D eigenvalue weighted by Crippen LogP contribution is 2.27. The molecule has 2 aromatic rings. The van der Waals surface area contributed by atoms with Crippen LogP contribution >= 0.6 is 0 Å². The maximum Gasteiger partial charge on any atom is 0.257 e. The molecule has 0 N–H and O–H groups in total. The summed E-state index contributed by atoms with van der Waals surface area (Å²) in [6.07, 6.45) is 7.04. The van der Waals surface area contributed by atoms with E-state index in [1.807, 2.05) is 18.0 Å². The van der Waals surface area contributed by atoms with Crippen LogP contribution in [0.5, 0.6) is 0 Å². The van der Waals surface area contributed by atoms with Crippen molar-refractivity contribution in [2.45, 2.75) is 39.0 Å². The Bertz CT molecular complexity index is 734. The van der Waals surface area contributed by atoms with Crippen molar-refractivity contribution in [1.82, 2.24) is 14.5 Å². The Morgan fingerprint density at radius 3 is 2.96 bits per heavy atom. The third-order valence-corrected chi connectivity index (χ3v) is 5.35. The number of aromatic nitrogens is 2. The normalized spacial score (nSPS) is 21.0. The van der Waals surface area contributed by atoms with Gasteiger partial charge >= 0.3 is 0 Å². The van der Waals surface area contributed by atoms with Crippen molar-refractivity contribution in [3.63, 3.8) is 0 Å². The van der Waals surface area contributed by atoms with Gasteiger partial charge < -0.3 is 23.4 Å². The van der Waals surface area contributed by atoms with Gasteiger partial charge in [-0.05, 0) is 31.7 Å². The molecule has 0 aromatic carbocycles. The Kier molecular flexibility index (Phi) is 5.08. The van der Waals surface area contributed by atoms with Gasteiger partial charge in [0, 0.05) is 26.3 Å². The summed E-state index contributed by atoms with van der Waals surface area (Å²) in [5.41, 5.74) is 1.66. The van der Waals surface area contributed by atoms with Crippen LogP contribution in [0.3, 0.4) is 0 Å². The maximum absolute atomic E-state index is 12.6. The summed E-state index contributed by atoms with van der Waals surface area (Å²) >= 11 is 0. The molecule has 2 aromatic heterocycles. The first kappa shape index (κ1) is 17.3. The molecule has 4 rings (SSSR count). The van der Waals surface area contributed by atoms with Crippen LogP contribution in [0.1, 0.15) is 47.7 Å². The first-order chi connectivity index (χ1) is 12.7. The molecule has 26 heavy (non-hydrogen) atoms. The van der Waals surface area contributed by atoms with Crippen molar-refractivity contribution < 1.29 is 18.7 Å². The Balaban J connectivity index is 1.38. The van der Waals surface area contributed by atoms with Crippen LogP contribution in [0.15, 0.2) is 29.2 Å². The van der Waals surface area contributed by atoms with E-state index >= 15 is 0 Å². The molecule has 0 unspecified atom stereocenters. The number of hydrogen-bond donors (Lipinski definition) is 0. The highest BCUT2D eigenvalue weighted by Gasteiger charge is 2.31. The number of amides is 1. The average Bonchev–Trinajstić information content (AvgIpc) is 3.33. The minimum atomic E-state index is -0.0737. The zero-order valence-electron chi connectivity index (χ0n) is 15.1. The fourth-order valence-electron chi connectivity index (χ4n) is 3.75. The second kappa shape index (κ2) is 7.63. The van der Waals surface area contributed by atoms with E-state index in [4.69, 9.17) is 13.9 Å². The lowest BCUT2D eigenvalue weighted by atomic mass is 10.0. The van der Waals surface area contributed by atoms with Crippen LogP contribution in [-0.4, -0.2) is 46.7 Å². The molecule has 4 heterocycles. The van der Waals surface area contributed by atoms with Gasteiger partial charge in [0.1, 0.15) is 12.1 Å². The Morgan fingerprint density at radius 1 is 1.35 bits per heavy atom. The highest BCUT2D eigenvalue weighted by atomic mass is 16.5. The summed E-state index contributed by atoms with van der Waals surface area (Å²) in [5.74, 6) is 1.49. The fraction of sp³-hybridized carbons (Fsp3) is 0.579. The lowest BCUT2D eigenvalue weighted by Crippen LogP contribution is -2.41. The Labute approximate surface area is 152 Å². The molecule has 1 fully saturated rings. The zero-order chi connectivity index (χ0) is 17.9. The molecule has 140 valence electrons. The van der Waals surface area contributed by atoms with Crippen LogP contribution in [0, 0.1) is 5.92 Å². The second-order valence-corrected chi connectivity index (χ2v) is 7.02. The summed E-state index contributed by atoms with van der Waals surface area (Å²) in [4.78, 5) is 19.0. The number of carbonyl (C=O) groups is 1. The van der Waals surface area contributed by atoms with Crippen molar-refractivity contribution in [3.8, 4) is 0 Å². The number of rotatable bonds is 5. The monoisotopic (exact) mass is 359 g/mol. The van der Waals surface area contributed by atoms with Gasteiger partial charge in [-0.15, -0.1) is 0 Å². The van der Waals surface area contributed by atoms with Crippen molar-refractivity contribution in [2.75, 3.05) is 26.4 Å². The van der Waals surface area contributed by atoms with Crippen molar-refractivity contribution in [1.29, 1.82) is 0 Å². The van der Waals surface area contributed by atoms with E-state index in [2.05, 4.69) is 9.55 Å². The molecule has 2 aliphatic rings. The van der Waals surface area contributed by atoms with Crippen molar-refractivity contribution in [2.24, 2.45) is 5.92 Å². The molecule has 7 nitrogen and oxygen atoms in total. The van der Waals surface area contributed by atoms with Crippen LogP contribution < -0.4 is 0 Å². The SMILES string of the molecule is C[C@@H]1c2ncc(COCC3CCOCC3)n2CCN1C(=O)c1ccoc1. The number of carbonyl (C=O) groups excluding carboxylic acids is 1. The molecular formula is C19H25N3O4. The van der Waals surface area contributed by atoms with Gasteiger partial charge in [-0.3, -0.25) is 4.79 Å². The molecule has 7 heteroatoms. The van der Waals surface area contributed by atoms with E-state index in [9.17, 15) is 4.79 Å². The first-order valence-corrected chi connectivity index (χ1v) is 9.27. The summed E-state index contributed by atoms with van der Waals surface area (Å²) in [6.45, 7) is 6.42. The topological polar surface area (TPSA) is 69.7 Å². The smallest absolute Gasteiger partial charge is 0.257 e. The number of furan rings is 1. The molecule has 1 amide bonds. The lowest BCUT2D eigenvalue weighted by molar-refractivity contribution is 0.0139. The highest BCUT2D eigenvalue weighted by molar-refractivity contribution is 5.94. The summed E-state index contributed by atoms with van der Waals surface area (Å²) in [6, 6.07) is 1.63. The third kappa shape index (κ3) is 3.41. The minimum absolute atomic E-state index is 0.0159. The number of fused-ring (bicyclic) bond motifs is 1. The van der Waals surface area contributed by atoms with Crippen molar-refractivity contribution in [3.05, 3.63) is 41.9 Å². The van der Waals surface area contributed by atoms with Crippen LogP contribution in [-0.2, 0) is 22.6 Å². The fourth-order valence-corrected chi connectivity index (χ4v) is 3.75. The number of hydrogen-bond acceptors (Lipinski definition) is 5. The number of nitrogens with zero attached hydrogens (tertiary/aromatic N) is 3. The molecule has 0 bridgehead atoms. The van der Waals surface area contributed by atoms with Gasteiger partial charge in [-0.25, -0.2) is 4.98 Å². The molecule has 1 atom stereocenters. The van der Waals surface area contributed by atoms with Crippen molar-refractivity contribution >= 4 is 5.91 Å². The van der Waals surface area contributed by atoms with Gasteiger partial charge in [0.25, 0.3) is 5.91 Å². The predicted molar refractivity (Wildman–Crippen MR) is 93.6 cm³/mol. The molecule has 0 saturated carbocycles. The van der Waals surface area contributed by atoms with Gasteiger partial charge in [0.15, 0.2) is 0 Å². The quantitative estimate of drug-likeness (QED) is 0.821. The van der Waals surface area contributed by atoms with E-state index in [0.29, 0.717) is 24.6 Å². The van der Waals surface area contributed by atoms with E-state index in [0.717, 1.165) is 50.7 Å². The van der Waals surface area contributed by atoms with Crippen LogP contribution in [0.25, 0.3) is 0 Å². The zero-order valence-corrected chi connectivity index (χ0v) is 15.1. The molecule has 0 radical (unpaired) electrons. The standard InChI is InChI=1S/C19H25N3O4/c1-14-18-20-10-17(13-26-11-15-2-7-24-8-3-15)22(18)6-5-21(14)19(23)16-4-9-25-12-16/h4,9-10,12,14-15H,2-3,5-8,11,13H2,1H3/t14-/m1/s1. The number of ether oxygens (including phenoxy) is 2. The third-order valence-electron chi connectivity index (χ3n) is 5.35. The molecule has 0 aliphatic carbocycles. The molecule has 1 saturated heterocycles. The van der Waals surface area contributed by atoms with Gasteiger partial charge in [0.05, 0.1) is 43.0 Å². The largest absolute Gasteiger partial charge is 0.472 e. The summed E-state index contributed by atoms with van der Waals surface area (Å²) < 4.78 is 18.6. The Hall–Kier alpha value is -2.12. The average molecular weight is 359 g/mol. The molecule has 0 spiro atoms.